The Kier molecular flexibility index (Phi) is 5.69. The Labute approximate surface area is 140 Å². The van der Waals surface area contributed by atoms with Gasteiger partial charge in [0.25, 0.3) is 5.91 Å². The zero-order valence-corrected chi connectivity index (χ0v) is 14.3. The Morgan fingerprint density at radius 1 is 1.43 bits per heavy atom. The predicted molar refractivity (Wildman–Crippen MR) is 94.7 cm³/mol. The van der Waals surface area contributed by atoms with Crippen LogP contribution < -0.4 is 11.2 Å². The maximum atomic E-state index is 11.8. The van der Waals surface area contributed by atoms with Crippen LogP contribution in [0.25, 0.3) is 10.9 Å². The van der Waals surface area contributed by atoms with E-state index in [1.54, 1.807) is 0 Å². The van der Waals surface area contributed by atoms with Crippen molar-refractivity contribution < 1.29 is 4.79 Å². The summed E-state index contributed by atoms with van der Waals surface area (Å²) >= 11 is 6.16. The van der Waals surface area contributed by atoms with Gasteiger partial charge in [0.15, 0.2) is 0 Å². The van der Waals surface area contributed by atoms with E-state index >= 15 is 0 Å². The van der Waals surface area contributed by atoms with Crippen LogP contribution in [0, 0.1) is 12.8 Å². The second kappa shape index (κ2) is 7.53. The summed E-state index contributed by atoms with van der Waals surface area (Å²) in [5, 5.41) is 5.23. The average molecular weight is 333 g/mol. The second-order valence-electron chi connectivity index (χ2n) is 6.03. The van der Waals surface area contributed by atoms with Crippen LogP contribution in [-0.4, -0.2) is 23.1 Å². The molecule has 0 radical (unpaired) electrons. The number of benzene rings is 1. The van der Waals surface area contributed by atoms with Crippen LogP contribution in [0.15, 0.2) is 29.4 Å². The van der Waals surface area contributed by atoms with Crippen molar-refractivity contribution in [3.63, 3.8) is 0 Å². The number of carbonyl (C=O) groups is 1. The third-order valence-corrected chi connectivity index (χ3v) is 3.70. The van der Waals surface area contributed by atoms with Crippen LogP contribution in [0.4, 0.5) is 0 Å². The number of nitrogens with one attached hydrogen (secondary N) is 1. The van der Waals surface area contributed by atoms with Gasteiger partial charge in [-0.05, 0) is 37.0 Å². The molecule has 1 atom stereocenters. The Hall–Kier alpha value is -1.98. The van der Waals surface area contributed by atoms with E-state index in [4.69, 9.17) is 17.3 Å². The molecule has 3 N–H and O–H groups in total. The maximum Gasteiger partial charge on any atom is 0.256 e. The van der Waals surface area contributed by atoms with E-state index in [1.807, 2.05) is 45.0 Å². The summed E-state index contributed by atoms with van der Waals surface area (Å²) in [5.74, 6) is 0.0396. The number of pyridine rings is 1. The smallest absolute Gasteiger partial charge is 0.256 e. The molecule has 1 amide bonds. The third-order valence-electron chi connectivity index (χ3n) is 3.39. The molecule has 5 nitrogen and oxygen atoms in total. The normalized spacial score (nSPS) is 13.0. The molecule has 6 heteroatoms. The highest BCUT2D eigenvalue weighted by Gasteiger charge is 2.14. The Bertz CT molecular complexity index is 743. The molecule has 0 aliphatic heterocycles. The number of aromatic nitrogens is 1. The molecule has 0 saturated heterocycles. The van der Waals surface area contributed by atoms with Gasteiger partial charge in [0, 0.05) is 10.9 Å². The number of amides is 1. The number of nitrogens with two attached hydrogens (primary N) is 1. The van der Waals surface area contributed by atoms with E-state index in [0.29, 0.717) is 23.1 Å². The number of nitrogens with zero attached hydrogens (tertiary/aromatic N) is 2. The fourth-order valence-corrected chi connectivity index (χ4v) is 2.42. The van der Waals surface area contributed by atoms with Crippen molar-refractivity contribution >= 4 is 34.6 Å². The number of aryl methyl sites for hydroxylation is 1. The SMILES string of the molecule is Cc1ccc2cc(C=NNC(=O)[C@H](N)CC(C)C)c(Cl)nc2c1. The lowest BCUT2D eigenvalue weighted by molar-refractivity contribution is -0.122. The summed E-state index contributed by atoms with van der Waals surface area (Å²) in [6, 6.07) is 7.26. The molecule has 1 heterocycles. The Balaban J connectivity index is 2.10. The van der Waals surface area contributed by atoms with Gasteiger partial charge in [0.05, 0.1) is 17.8 Å². The number of halogens is 1. The minimum absolute atomic E-state index is 0.310. The lowest BCUT2D eigenvalue weighted by atomic mass is 10.0. The lowest BCUT2D eigenvalue weighted by Crippen LogP contribution is -2.39. The van der Waals surface area contributed by atoms with E-state index in [2.05, 4.69) is 15.5 Å². The molecule has 0 aliphatic carbocycles. The molecule has 0 unspecified atom stereocenters. The molecule has 2 rings (SSSR count). The predicted octanol–water partition coefficient (Wildman–Crippen LogP) is 3.02. The molecule has 0 bridgehead atoms. The summed E-state index contributed by atoms with van der Waals surface area (Å²) < 4.78 is 0. The summed E-state index contributed by atoms with van der Waals surface area (Å²) in [6.07, 6.45) is 2.09. The molecule has 0 saturated carbocycles. The molecule has 122 valence electrons. The van der Waals surface area contributed by atoms with Crippen LogP contribution in [0.3, 0.4) is 0 Å². The highest BCUT2D eigenvalue weighted by molar-refractivity contribution is 6.32. The van der Waals surface area contributed by atoms with Crippen LogP contribution >= 0.6 is 11.6 Å². The van der Waals surface area contributed by atoms with Crippen LogP contribution in [0.2, 0.25) is 5.15 Å². The van der Waals surface area contributed by atoms with Crippen LogP contribution in [0.1, 0.15) is 31.4 Å². The molecule has 23 heavy (non-hydrogen) atoms. The number of hydrazone groups is 1. The van der Waals surface area contributed by atoms with E-state index in [0.717, 1.165) is 16.5 Å². The van der Waals surface area contributed by atoms with Gasteiger partial charge >= 0.3 is 0 Å². The number of fused-ring (bicyclic) bond motifs is 1. The third kappa shape index (κ3) is 4.74. The summed E-state index contributed by atoms with van der Waals surface area (Å²) in [7, 11) is 0. The molecular formula is C17H21ClN4O. The van der Waals surface area contributed by atoms with Crippen molar-refractivity contribution in [3.05, 3.63) is 40.5 Å². The van der Waals surface area contributed by atoms with Gasteiger partial charge in [-0.15, -0.1) is 0 Å². The zero-order chi connectivity index (χ0) is 17.0. The van der Waals surface area contributed by atoms with Crippen LogP contribution in [0.5, 0.6) is 0 Å². The highest BCUT2D eigenvalue weighted by Crippen LogP contribution is 2.20. The van der Waals surface area contributed by atoms with Crippen molar-refractivity contribution in [2.75, 3.05) is 0 Å². The molecule has 2 aromatic rings. The fourth-order valence-electron chi connectivity index (χ4n) is 2.22. The maximum absolute atomic E-state index is 11.8. The summed E-state index contributed by atoms with van der Waals surface area (Å²) in [6.45, 7) is 6.03. The molecule has 0 fully saturated rings. The fraction of sp³-hybridized carbons (Fsp3) is 0.353. The van der Waals surface area contributed by atoms with Gasteiger partial charge in [-0.3, -0.25) is 4.79 Å². The first-order valence-corrected chi connectivity index (χ1v) is 7.90. The second-order valence-corrected chi connectivity index (χ2v) is 6.39. The monoisotopic (exact) mass is 332 g/mol. The van der Waals surface area contributed by atoms with Gasteiger partial charge in [0.2, 0.25) is 0 Å². The topological polar surface area (TPSA) is 80.4 Å². The Morgan fingerprint density at radius 2 is 2.17 bits per heavy atom. The minimum atomic E-state index is -0.569. The van der Waals surface area contributed by atoms with Crippen molar-refractivity contribution in [2.24, 2.45) is 16.8 Å². The van der Waals surface area contributed by atoms with Gasteiger partial charge in [0.1, 0.15) is 5.15 Å². The van der Waals surface area contributed by atoms with Gasteiger partial charge in [-0.2, -0.15) is 5.10 Å². The van der Waals surface area contributed by atoms with Crippen LogP contribution in [-0.2, 0) is 4.79 Å². The van der Waals surface area contributed by atoms with Crippen molar-refractivity contribution in [1.29, 1.82) is 0 Å². The molecule has 1 aromatic heterocycles. The zero-order valence-electron chi connectivity index (χ0n) is 13.5. The standard InChI is InChI=1S/C17H21ClN4O/c1-10(2)6-14(19)17(23)22-20-9-13-8-12-5-4-11(3)7-15(12)21-16(13)18/h4-5,7-10,14H,6,19H2,1-3H3,(H,22,23)/t14-/m1/s1. The van der Waals surface area contributed by atoms with Gasteiger partial charge in [-0.25, -0.2) is 10.4 Å². The van der Waals surface area contributed by atoms with Gasteiger partial charge < -0.3 is 5.73 Å². The minimum Gasteiger partial charge on any atom is -0.320 e. The number of hydrogen-bond donors (Lipinski definition) is 2. The Morgan fingerprint density at radius 3 is 2.87 bits per heavy atom. The first kappa shape index (κ1) is 17.4. The molecular weight excluding hydrogens is 312 g/mol. The summed E-state index contributed by atoms with van der Waals surface area (Å²) in [5.41, 5.74) is 10.8. The quantitative estimate of drug-likeness (QED) is 0.501. The van der Waals surface area contributed by atoms with Crippen molar-refractivity contribution in [2.45, 2.75) is 33.2 Å². The van der Waals surface area contributed by atoms with Gasteiger partial charge in [-0.1, -0.05) is 37.6 Å². The first-order valence-electron chi connectivity index (χ1n) is 7.52. The van der Waals surface area contributed by atoms with E-state index in [9.17, 15) is 4.79 Å². The number of rotatable bonds is 5. The molecule has 0 aliphatic rings. The largest absolute Gasteiger partial charge is 0.320 e. The first-order chi connectivity index (χ1) is 10.9. The average Bonchev–Trinajstić information content (AvgIpc) is 2.47. The molecule has 0 spiro atoms. The summed E-state index contributed by atoms with van der Waals surface area (Å²) in [4.78, 5) is 16.2. The van der Waals surface area contributed by atoms with E-state index in [-0.39, 0.29) is 5.91 Å². The lowest BCUT2D eigenvalue weighted by Gasteiger charge is -2.11. The number of carbonyl (C=O) groups excluding carboxylic acids is 1. The van der Waals surface area contributed by atoms with E-state index < -0.39 is 6.04 Å². The molecule has 1 aromatic carbocycles. The van der Waals surface area contributed by atoms with Crippen molar-refractivity contribution in [3.8, 4) is 0 Å². The van der Waals surface area contributed by atoms with Crippen molar-refractivity contribution in [1.82, 2.24) is 10.4 Å². The van der Waals surface area contributed by atoms with E-state index in [1.165, 1.54) is 6.21 Å². The number of hydrogen-bond acceptors (Lipinski definition) is 4. The highest BCUT2D eigenvalue weighted by atomic mass is 35.5.